The molecular weight excluding hydrogens is 580 g/mol. The highest BCUT2D eigenvalue weighted by Crippen LogP contribution is 2.43. The monoisotopic (exact) mass is 615 g/mol. The van der Waals surface area contributed by atoms with Crippen molar-refractivity contribution in [2.24, 2.45) is 0 Å². The van der Waals surface area contributed by atoms with Crippen LogP contribution in [-0.2, 0) is 4.74 Å². The van der Waals surface area contributed by atoms with E-state index in [0.29, 0.717) is 49.1 Å². The van der Waals surface area contributed by atoms with Gasteiger partial charge in [-0.2, -0.15) is 9.97 Å². The minimum Gasteiger partial charge on any atom is -0.472 e. The summed E-state index contributed by atoms with van der Waals surface area (Å²) in [4.78, 5) is 18.6. The number of hydrogen-bond acceptors (Lipinski definition) is 10. The van der Waals surface area contributed by atoms with Crippen LogP contribution in [0.4, 0.5) is 20.3 Å². The lowest BCUT2D eigenvalue weighted by molar-refractivity contribution is -0.0101. The summed E-state index contributed by atoms with van der Waals surface area (Å²) in [6, 6.07) is 2.18. The Balaban J connectivity index is 1.37. The van der Waals surface area contributed by atoms with Gasteiger partial charge in [-0.25, -0.2) is 13.8 Å². The van der Waals surface area contributed by atoms with Gasteiger partial charge in [0.1, 0.15) is 35.1 Å². The van der Waals surface area contributed by atoms with Crippen LogP contribution in [0.25, 0.3) is 22.2 Å². The zero-order valence-electron chi connectivity index (χ0n) is 24.5. The molecule has 3 fully saturated rings. The lowest BCUT2D eigenvalue weighted by Crippen LogP contribution is -2.60. The summed E-state index contributed by atoms with van der Waals surface area (Å²) in [5.74, 6) is -1.02. The van der Waals surface area contributed by atoms with Gasteiger partial charge in [-0.05, 0) is 44.7 Å². The number of nitrogens with two attached hydrogens (primary N) is 1. The first-order valence-electron chi connectivity index (χ1n) is 15.0. The first-order valence-corrected chi connectivity index (χ1v) is 15.4. The molecule has 5 atom stereocenters. The van der Waals surface area contributed by atoms with Gasteiger partial charge in [-0.1, -0.05) is 18.5 Å². The van der Waals surface area contributed by atoms with Crippen molar-refractivity contribution in [3.05, 3.63) is 28.3 Å². The minimum absolute atomic E-state index is 0.0410. The first kappa shape index (κ1) is 28.7. The molecule has 3 aromatic rings. The average Bonchev–Trinajstić information content (AvgIpc) is 3.39. The second kappa shape index (κ2) is 11.1. The number of nitrogens with zero attached hydrogens (tertiary/aromatic N) is 5. The van der Waals surface area contributed by atoms with Crippen molar-refractivity contribution in [3.8, 4) is 23.1 Å². The number of aryl methyl sites for hydroxylation is 1. The van der Waals surface area contributed by atoms with Crippen LogP contribution < -0.4 is 25.4 Å². The number of aromatic nitrogens is 3. The molecule has 6 heterocycles. The predicted octanol–water partition coefficient (Wildman–Crippen LogP) is 4.09. The summed E-state index contributed by atoms with van der Waals surface area (Å²) in [5, 5.41) is 4.00. The van der Waals surface area contributed by atoms with Gasteiger partial charge in [0.25, 0.3) is 0 Å². The topological polar surface area (TPSA) is 111 Å². The van der Waals surface area contributed by atoms with Gasteiger partial charge in [0.15, 0.2) is 11.6 Å². The van der Waals surface area contributed by atoms with Crippen molar-refractivity contribution in [1.29, 1.82) is 0 Å². The molecule has 0 saturated carbocycles. The summed E-state index contributed by atoms with van der Waals surface area (Å²) in [6.45, 7) is 9.67. The molecule has 3 saturated heterocycles. The van der Waals surface area contributed by atoms with Crippen LogP contribution in [0.3, 0.4) is 0 Å². The molecule has 0 spiro atoms. The first-order chi connectivity index (χ1) is 20.7. The summed E-state index contributed by atoms with van der Waals surface area (Å²) >= 11 is 6.19. The van der Waals surface area contributed by atoms with Crippen molar-refractivity contribution in [2.75, 3.05) is 50.1 Å². The van der Waals surface area contributed by atoms with Crippen molar-refractivity contribution >= 4 is 34.0 Å². The number of benzene rings is 1. The SMILES string of the molecule is CCC1CN2c3nc(OCC4CC[C@H]5COCCN45)nc4c(F)c(-c5cc(C)c(Cl)c(N)c5F)nc(c34)O[C@@H](C)[C@@H]2CN1. The average molecular weight is 616 g/mol. The van der Waals surface area contributed by atoms with Gasteiger partial charge < -0.3 is 30.2 Å². The molecule has 4 aliphatic rings. The van der Waals surface area contributed by atoms with Gasteiger partial charge in [0, 0.05) is 43.3 Å². The molecule has 4 aliphatic heterocycles. The van der Waals surface area contributed by atoms with E-state index in [2.05, 4.69) is 32.0 Å². The molecule has 0 amide bonds. The quantitative estimate of drug-likeness (QED) is 0.407. The molecule has 2 unspecified atom stereocenters. The third kappa shape index (κ3) is 4.83. The van der Waals surface area contributed by atoms with Gasteiger partial charge in [-0.15, -0.1) is 0 Å². The Labute approximate surface area is 253 Å². The summed E-state index contributed by atoms with van der Waals surface area (Å²) < 4.78 is 50.3. The van der Waals surface area contributed by atoms with E-state index in [4.69, 9.17) is 36.5 Å². The maximum absolute atomic E-state index is 16.6. The maximum atomic E-state index is 16.6. The normalized spacial score (nSPS) is 27.0. The summed E-state index contributed by atoms with van der Waals surface area (Å²) in [6.07, 6.45) is 2.58. The third-order valence-corrected chi connectivity index (χ3v) is 9.90. The number of nitrogens with one attached hydrogen (secondary N) is 1. The smallest absolute Gasteiger partial charge is 0.319 e. The zero-order valence-corrected chi connectivity index (χ0v) is 25.3. The molecule has 10 nitrogen and oxygen atoms in total. The van der Waals surface area contributed by atoms with Crippen molar-refractivity contribution in [2.45, 2.75) is 70.3 Å². The highest BCUT2D eigenvalue weighted by Gasteiger charge is 2.40. The molecule has 3 N–H and O–H groups in total. The van der Waals surface area contributed by atoms with Gasteiger partial charge >= 0.3 is 6.01 Å². The van der Waals surface area contributed by atoms with Crippen LogP contribution >= 0.6 is 11.6 Å². The lowest BCUT2D eigenvalue weighted by atomic mass is 10.0. The van der Waals surface area contributed by atoms with E-state index in [0.717, 1.165) is 32.4 Å². The van der Waals surface area contributed by atoms with Crippen LogP contribution in [0.5, 0.6) is 11.9 Å². The van der Waals surface area contributed by atoms with Crippen molar-refractivity contribution < 1.29 is 23.0 Å². The number of nitrogen functional groups attached to an aromatic ring is 1. The Morgan fingerprint density at radius 3 is 2.86 bits per heavy atom. The predicted molar refractivity (Wildman–Crippen MR) is 160 cm³/mol. The van der Waals surface area contributed by atoms with E-state index < -0.39 is 11.6 Å². The van der Waals surface area contributed by atoms with E-state index in [1.54, 1.807) is 6.92 Å². The number of hydrogen-bond donors (Lipinski definition) is 2. The number of ether oxygens (including phenoxy) is 3. The third-order valence-electron chi connectivity index (χ3n) is 9.40. The van der Waals surface area contributed by atoms with Crippen molar-refractivity contribution in [1.82, 2.24) is 25.2 Å². The van der Waals surface area contributed by atoms with Gasteiger partial charge in [0.05, 0.1) is 30.0 Å². The molecule has 0 aliphatic carbocycles. The molecule has 230 valence electrons. The minimum atomic E-state index is -0.852. The second-order valence-corrected chi connectivity index (χ2v) is 12.4. The van der Waals surface area contributed by atoms with E-state index in [1.165, 1.54) is 6.07 Å². The number of morpholine rings is 1. The Morgan fingerprint density at radius 2 is 2.05 bits per heavy atom. The molecule has 2 aromatic heterocycles. The van der Waals surface area contributed by atoms with E-state index >= 15 is 8.78 Å². The number of anilines is 2. The van der Waals surface area contributed by atoms with Gasteiger partial charge in [0.2, 0.25) is 5.88 Å². The number of halogens is 3. The van der Waals surface area contributed by atoms with Crippen LogP contribution in [0.15, 0.2) is 6.07 Å². The molecular formula is C30H36ClF2N7O3. The van der Waals surface area contributed by atoms with E-state index in [-0.39, 0.29) is 63.6 Å². The molecule has 13 heteroatoms. The Bertz CT molecular complexity index is 1580. The highest BCUT2D eigenvalue weighted by molar-refractivity contribution is 6.34. The highest BCUT2D eigenvalue weighted by atomic mass is 35.5. The van der Waals surface area contributed by atoms with E-state index in [1.807, 2.05) is 6.92 Å². The fraction of sp³-hybridized carbons (Fsp3) is 0.567. The Kier molecular flexibility index (Phi) is 7.43. The maximum Gasteiger partial charge on any atom is 0.319 e. The van der Waals surface area contributed by atoms with Crippen LogP contribution in [0.1, 0.15) is 38.7 Å². The largest absolute Gasteiger partial charge is 0.472 e. The fourth-order valence-corrected chi connectivity index (χ4v) is 7.07. The molecule has 0 bridgehead atoms. The lowest BCUT2D eigenvalue weighted by Gasteiger charge is -2.42. The van der Waals surface area contributed by atoms with Gasteiger partial charge in [-0.3, -0.25) is 4.90 Å². The fourth-order valence-electron chi connectivity index (χ4n) is 6.93. The summed E-state index contributed by atoms with van der Waals surface area (Å²) in [5.41, 5.74) is 5.77. The Morgan fingerprint density at radius 1 is 1.21 bits per heavy atom. The molecule has 7 rings (SSSR count). The number of rotatable bonds is 5. The Hall–Kier alpha value is -3.06. The van der Waals surface area contributed by atoms with Crippen LogP contribution in [0.2, 0.25) is 5.02 Å². The van der Waals surface area contributed by atoms with Crippen LogP contribution in [-0.4, -0.2) is 89.6 Å². The van der Waals surface area contributed by atoms with Crippen LogP contribution in [0, 0.1) is 18.6 Å². The standard InChI is InChI=1S/C30H36ClF2N7O3/c1-4-16-11-40-20(10-35-16)15(3)43-29-21-27(24(33)26(36-29)19-9-14(2)22(31)25(34)23(19)32)37-30(38-28(21)40)42-13-18-6-5-17-12-41-8-7-39(17)18/h9,15-18,20,35H,4-8,10-13,34H2,1-3H3/t15-,16?,17-,18?,20-/m0/s1. The molecule has 1 aromatic carbocycles. The number of fused-ring (bicyclic) bond motifs is 3. The van der Waals surface area contributed by atoms with E-state index in [9.17, 15) is 0 Å². The number of pyridine rings is 1. The molecule has 0 radical (unpaired) electrons. The number of piperazine rings is 1. The molecule has 43 heavy (non-hydrogen) atoms. The second-order valence-electron chi connectivity index (χ2n) is 12.0. The summed E-state index contributed by atoms with van der Waals surface area (Å²) in [7, 11) is 0. The van der Waals surface area contributed by atoms with Crippen molar-refractivity contribution in [3.63, 3.8) is 0 Å². The zero-order chi connectivity index (χ0) is 30.0.